The Balaban J connectivity index is 0.000000394. The van der Waals surface area contributed by atoms with E-state index in [9.17, 15) is 4.79 Å². The van der Waals surface area contributed by atoms with Crippen molar-refractivity contribution >= 4 is 38.5 Å². The molecule has 0 amide bonds. The zero-order chi connectivity index (χ0) is 27.2. The van der Waals surface area contributed by atoms with Crippen LogP contribution in [0, 0.1) is 6.07 Å². The van der Waals surface area contributed by atoms with Crippen LogP contribution in [-0.2, 0) is 35.7 Å². The van der Waals surface area contributed by atoms with Crippen LogP contribution in [0.3, 0.4) is 0 Å². The van der Waals surface area contributed by atoms with Crippen molar-refractivity contribution in [3.05, 3.63) is 89.8 Å². The second-order valence-electron chi connectivity index (χ2n) is 11.6. The topological polar surface area (TPSA) is 63.3 Å². The number of rotatable bonds is 2. The molecule has 1 aliphatic carbocycles. The molecule has 0 saturated heterocycles. The average molecular weight is 697 g/mol. The number of ketones is 1. The number of fused-ring (bicyclic) bond motifs is 6. The van der Waals surface area contributed by atoms with Crippen molar-refractivity contribution in [1.82, 2.24) is 4.98 Å². The number of aliphatic hydroxyl groups excluding tert-OH is 1. The van der Waals surface area contributed by atoms with Gasteiger partial charge in [0, 0.05) is 48.7 Å². The number of pyridine rings is 1. The number of hydrogen-bond acceptors (Lipinski definition) is 4. The fourth-order valence-corrected chi connectivity index (χ4v) is 5.68. The van der Waals surface area contributed by atoms with E-state index in [1.165, 1.54) is 49.3 Å². The fraction of sp³-hybridized carbons (Fsp3) is 0.294. The Morgan fingerprint density at radius 3 is 2.36 bits per heavy atom. The SMILES string of the molecule is CC(=O)/C=C(/C)O.CC1(C)CCC(C)(C)c2c1ccc1c2oc2cc3ccnc(-c4[c-]cccc4)c3cc21.[Ir]. The van der Waals surface area contributed by atoms with Gasteiger partial charge in [-0.1, -0.05) is 39.8 Å². The van der Waals surface area contributed by atoms with Gasteiger partial charge in [0.1, 0.15) is 11.2 Å². The third kappa shape index (κ3) is 5.44. The summed E-state index contributed by atoms with van der Waals surface area (Å²) < 4.78 is 6.61. The molecule has 1 radical (unpaired) electrons. The zero-order valence-corrected chi connectivity index (χ0v) is 25.7. The molecule has 0 bridgehead atoms. The van der Waals surface area contributed by atoms with E-state index in [1.54, 1.807) is 0 Å². The van der Waals surface area contributed by atoms with Gasteiger partial charge in [-0.15, -0.1) is 35.9 Å². The maximum atomic E-state index is 10.0. The second-order valence-corrected chi connectivity index (χ2v) is 11.6. The molecule has 1 aliphatic rings. The average Bonchev–Trinajstić information content (AvgIpc) is 3.22. The maximum absolute atomic E-state index is 10.0. The number of aromatic nitrogens is 1. The van der Waals surface area contributed by atoms with Gasteiger partial charge in [0.2, 0.25) is 0 Å². The molecule has 0 unspecified atom stereocenters. The molecule has 3 aromatic carbocycles. The summed E-state index contributed by atoms with van der Waals surface area (Å²) >= 11 is 0. The number of carbonyl (C=O) groups excluding carboxylic acids is 1. The first kappa shape index (κ1) is 28.7. The number of hydrogen-bond donors (Lipinski definition) is 1. The number of furan rings is 1. The minimum Gasteiger partial charge on any atom is -0.512 e. The Morgan fingerprint density at radius 2 is 1.72 bits per heavy atom. The predicted molar refractivity (Wildman–Crippen MR) is 156 cm³/mol. The van der Waals surface area contributed by atoms with Crippen LogP contribution in [0.25, 0.3) is 44.0 Å². The van der Waals surface area contributed by atoms with Crippen LogP contribution in [0.1, 0.15) is 65.5 Å². The molecular formula is C34H34IrNO3-. The molecule has 1 N–H and O–H groups in total. The maximum Gasteiger partial charge on any atom is 0.155 e. The van der Waals surface area contributed by atoms with E-state index in [1.807, 2.05) is 24.4 Å². The molecule has 2 aromatic heterocycles. The van der Waals surface area contributed by atoms with Crippen LogP contribution in [0.5, 0.6) is 0 Å². The number of benzene rings is 3. The molecule has 0 saturated carbocycles. The molecule has 6 rings (SSSR count). The van der Waals surface area contributed by atoms with Crippen LogP contribution in [0.2, 0.25) is 0 Å². The van der Waals surface area contributed by atoms with Gasteiger partial charge in [-0.3, -0.25) is 4.79 Å². The number of nitrogens with zero attached hydrogens (tertiary/aromatic N) is 1. The molecule has 4 nitrogen and oxygen atoms in total. The first-order chi connectivity index (χ1) is 18.0. The summed E-state index contributed by atoms with van der Waals surface area (Å²) in [6, 6.07) is 22.5. The van der Waals surface area contributed by atoms with Crippen molar-refractivity contribution in [2.75, 3.05) is 0 Å². The fourth-order valence-electron chi connectivity index (χ4n) is 5.68. The second kappa shape index (κ2) is 10.7. The largest absolute Gasteiger partial charge is 0.512 e. The summed E-state index contributed by atoms with van der Waals surface area (Å²) in [7, 11) is 0. The first-order valence-electron chi connectivity index (χ1n) is 13.1. The van der Waals surface area contributed by atoms with E-state index in [4.69, 9.17) is 14.5 Å². The van der Waals surface area contributed by atoms with Crippen LogP contribution in [0.15, 0.2) is 77.0 Å². The van der Waals surface area contributed by atoms with Crippen molar-refractivity contribution in [3.8, 4) is 11.3 Å². The number of carbonyl (C=O) groups is 1. The molecule has 0 fully saturated rings. The summed E-state index contributed by atoms with van der Waals surface area (Å²) in [5, 5.41) is 13.0. The van der Waals surface area contributed by atoms with Crippen molar-refractivity contribution in [1.29, 1.82) is 0 Å². The van der Waals surface area contributed by atoms with E-state index in [0.717, 1.165) is 38.6 Å². The Morgan fingerprint density at radius 1 is 0.974 bits per heavy atom. The van der Waals surface area contributed by atoms with E-state index in [2.05, 4.69) is 70.2 Å². The zero-order valence-electron chi connectivity index (χ0n) is 23.3. The third-order valence-electron chi connectivity index (χ3n) is 7.68. The van der Waals surface area contributed by atoms with Gasteiger partial charge in [-0.2, -0.15) is 0 Å². The molecule has 203 valence electrons. The van der Waals surface area contributed by atoms with Crippen LogP contribution < -0.4 is 0 Å². The summed E-state index contributed by atoms with van der Waals surface area (Å²) in [6.45, 7) is 12.3. The summed E-state index contributed by atoms with van der Waals surface area (Å²) in [4.78, 5) is 14.7. The standard InChI is InChI=1S/C29H26NO.C5H8O2.Ir/c1-28(2)13-14-29(3,4)25-23(28)11-10-20-22-17-21-19(16-24(22)31-27(20)25)12-15-30-26(21)18-8-6-5-7-9-18;1-4(6)3-5(2)7;/h5-8,10-12,15-17H,13-14H2,1-4H3;3,6H,1-2H3;/q-1;;/b;4-3-;. The number of allylic oxidation sites excluding steroid dienone is 2. The minimum absolute atomic E-state index is 0. The van der Waals surface area contributed by atoms with Gasteiger partial charge in [0.05, 0.1) is 5.76 Å². The first-order valence-corrected chi connectivity index (χ1v) is 13.1. The van der Waals surface area contributed by atoms with Gasteiger partial charge in [-0.05, 0) is 77.7 Å². The number of aliphatic hydroxyl groups is 1. The predicted octanol–water partition coefficient (Wildman–Crippen LogP) is 8.99. The molecule has 2 heterocycles. The molecule has 0 atom stereocenters. The van der Waals surface area contributed by atoms with Crippen LogP contribution >= 0.6 is 0 Å². The molecule has 5 aromatic rings. The third-order valence-corrected chi connectivity index (χ3v) is 7.68. The quantitative estimate of drug-likeness (QED) is 0.114. The van der Waals surface area contributed by atoms with Crippen LogP contribution in [0.4, 0.5) is 0 Å². The Labute approximate surface area is 243 Å². The van der Waals surface area contributed by atoms with Gasteiger partial charge in [0.15, 0.2) is 5.78 Å². The molecule has 39 heavy (non-hydrogen) atoms. The molecule has 0 spiro atoms. The minimum atomic E-state index is -0.125. The van der Waals surface area contributed by atoms with E-state index >= 15 is 0 Å². The normalized spacial score (nSPS) is 15.8. The van der Waals surface area contributed by atoms with E-state index in [0.29, 0.717) is 0 Å². The van der Waals surface area contributed by atoms with E-state index < -0.39 is 0 Å². The van der Waals surface area contributed by atoms with Crippen molar-refractivity contribution in [2.24, 2.45) is 0 Å². The van der Waals surface area contributed by atoms with Crippen molar-refractivity contribution in [2.45, 2.75) is 65.2 Å². The van der Waals surface area contributed by atoms with E-state index in [-0.39, 0.29) is 42.5 Å². The smallest absolute Gasteiger partial charge is 0.155 e. The molecular weight excluding hydrogens is 663 g/mol. The van der Waals surface area contributed by atoms with Gasteiger partial charge < -0.3 is 14.5 Å². The summed E-state index contributed by atoms with van der Waals surface area (Å²) in [5.74, 6) is -0.0625. The monoisotopic (exact) mass is 697 g/mol. The summed E-state index contributed by atoms with van der Waals surface area (Å²) in [5.41, 5.74) is 7.07. The molecule has 0 aliphatic heterocycles. The van der Waals surface area contributed by atoms with Gasteiger partial charge in [-0.25, -0.2) is 0 Å². The van der Waals surface area contributed by atoms with Crippen molar-refractivity contribution < 1.29 is 34.4 Å². The Hall–Kier alpha value is -3.27. The Bertz CT molecular complexity index is 1710. The van der Waals surface area contributed by atoms with Gasteiger partial charge in [0.25, 0.3) is 0 Å². The van der Waals surface area contributed by atoms with Crippen molar-refractivity contribution in [3.63, 3.8) is 0 Å². The van der Waals surface area contributed by atoms with Gasteiger partial charge >= 0.3 is 0 Å². The van der Waals surface area contributed by atoms with Crippen LogP contribution in [-0.4, -0.2) is 15.9 Å². The molecule has 5 heteroatoms. The summed E-state index contributed by atoms with van der Waals surface area (Å²) in [6.07, 6.45) is 5.41. The Kier molecular flexibility index (Phi) is 7.89.